The predicted octanol–water partition coefficient (Wildman–Crippen LogP) is 33.8. The first-order chi connectivity index (χ1) is 64.7. The van der Waals surface area contributed by atoms with Gasteiger partial charge in [-0.1, -0.05) is 351 Å². The summed E-state index contributed by atoms with van der Waals surface area (Å²) in [6, 6.07) is 150. The van der Waals surface area contributed by atoms with Crippen molar-refractivity contribution in [1.29, 1.82) is 0 Å². The average molecular weight is 1700 g/mol. The van der Waals surface area contributed by atoms with E-state index in [0.29, 0.717) is 26.4 Å². The van der Waals surface area contributed by atoms with Crippen molar-refractivity contribution in [2.24, 2.45) is 0 Å². The Morgan fingerprint density at radius 3 is 0.939 bits per heavy atom. The summed E-state index contributed by atoms with van der Waals surface area (Å²) < 4.78 is 17.1. The molecule has 0 saturated heterocycles. The molecule has 0 radical (unpaired) electrons. The molecule has 0 unspecified atom stereocenters. The third kappa shape index (κ3) is 15.8. The van der Waals surface area contributed by atoms with E-state index in [1.54, 1.807) is 0 Å². The molecule has 636 valence electrons. The van der Waals surface area contributed by atoms with E-state index < -0.39 is 0 Å². The molecular formula is C126H100N4O2. The lowest BCUT2D eigenvalue weighted by Crippen LogP contribution is -2.17. The number of ether oxygens (including phenoxy) is 2. The summed E-state index contributed by atoms with van der Waals surface area (Å²) in [6.45, 7) is 27.3. The second-order valence-electron chi connectivity index (χ2n) is 35.7. The average Bonchev–Trinajstić information content (AvgIpc) is 1.58. The van der Waals surface area contributed by atoms with Crippen LogP contribution in [0.1, 0.15) is 94.5 Å². The van der Waals surface area contributed by atoms with Crippen molar-refractivity contribution in [3.05, 3.63) is 506 Å². The molecule has 0 saturated carbocycles. The van der Waals surface area contributed by atoms with Crippen LogP contribution in [0.2, 0.25) is 0 Å². The van der Waals surface area contributed by atoms with Gasteiger partial charge in [0.1, 0.15) is 0 Å². The fraction of sp³-hybridized carbons (Fsp3) is 0.0794. The third-order valence-corrected chi connectivity index (χ3v) is 27.0. The molecule has 0 N–H and O–H groups in total. The van der Waals surface area contributed by atoms with Crippen molar-refractivity contribution in [2.75, 3.05) is 9.80 Å². The molecule has 0 amide bonds. The van der Waals surface area contributed by atoms with Crippen LogP contribution < -0.4 is 9.80 Å². The molecule has 2 aliphatic rings. The van der Waals surface area contributed by atoms with Gasteiger partial charge in [-0.2, -0.15) is 0 Å². The number of hydrogen-bond donors (Lipinski definition) is 0. The van der Waals surface area contributed by atoms with Gasteiger partial charge in [-0.25, -0.2) is 0 Å². The zero-order valence-corrected chi connectivity index (χ0v) is 74.8. The monoisotopic (exact) mass is 1700 g/mol. The van der Waals surface area contributed by atoms with Crippen LogP contribution in [0.15, 0.2) is 439 Å². The highest BCUT2D eigenvalue weighted by atomic mass is 16.5. The maximum Gasteiger partial charge on any atom is 0.0721 e. The van der Waals surface area contributed by atoms with Crippen LogP contribution in [0.25, 0.3) is 146 Å². The quantitative estimate of drug-likeness (QED) is 0.0604. The Balaban J connectivity index is 0.000000165. The molecule has 0 spiro atoms. The van der Waals surface area contributed by atoms with E-state index in [4.69, 9.17) is 9.47 Å². The Morgan fingerprint density at radius 2 is 0.523 bits per heavy atom. The van der Waals surface area contributed by atoms with Crippen LogP contribution in [0.5, 0.6) is 0 Å². The van der Waals surface area contributed by atoms with E-state index in [0.717, 1.165) is 90.0 Å². The second kappa shape index (κ2) is 35.2. The summed E-state index contributed by atoms with van der Waals surface area (Å²) in [5.41, 5.74) is 42.4. The lowest BCUT2D eigenvalue weighted by molar-refractivity contribution is 0.107. The van der Waals surface area contributed by atoms with Crippen LogP contribution in [0, 0.1) is 0 Å². The number of rotatable bonds is 24. The highest BCUT2D eigenvalue weighted by molar-refractivity contribution is 6.12. The molecule has 0 aliphatic heterocycles. The number of benzene rings is 18. The summed E-state index contributed by atoms with van der Waals surface area (Å²) in [6.07, 6.45) is 7.55. The van der Waals surface area contributed by atoms with Crippen LogP contribution in [0.4, 0.5) is 34.1 Å². The molecule has 0 bridgehead atoms. The Labute approximate surface area is 773 Å². The van der Waals surface area contributed by atoms with Crippen molar-refractivity contribution < 1.29 is 9.47 Å². The minimum absolute atomic E-state index is 0.135. The lowest BCUT2D eigenvalue weighted by Gasteiger charge is -2.28. The summed E-state index contributed by atoms with van der Waals surface area (Å²) in [5, 5.41) is 4.93. The number of anilines is 6. The van der Waals surface area contributed by atoms with E-state index in [9.17, 15) is 0 Å². The van der Waals surface area contributed by atoms with E-state index in [-0.39, 0.29) is 10.8 Å². The number of nitrogens with zero attached hydrogens (tertiary/aromatic N) is 4. The topological polar surface area (TPSA) is 34.8 Å². The predicted molar refractivity (Wildman–Crippen MR) is 558 cm³/mol. The fourth-order valence-corrected chi connectivity index (χ4v) is 19.8. The molecule has 2 aromatic heterocycles. The molecule has 6 nitrogen and oxygen atoms in total. The normalized spacial score (nSPS) is 12.5. The van der Waals surface area contributed by atoms with E-state index in [1.807, 2.05) is 24.3 Å². The number of hydrogen-bond acceptors (Lipinski definition) is 4. The number of fused-ring (bicyclic) bond motifs is 12. The van der Waals surface area contributed by atoms with E-state index >= 15 is 0 Å². The minimum Gasteiger partial charge on any atom is -0.372 e. The van der Waals surface area contributed by atoms with Gasteiger partial charge in [-0.15, -0.1) is 0 Å². The van der Waals surface area contributed by atoms with E-state index in [1.165, 1.54) is 133 Å². The molecule has 20 aromatic rings. The fourth-order valence-electron chi connectivity index (χ4n) is 19.8. The molecule has 0 fully saturated rings. The van der Waals surface area contributed by atoms with Gasteiger partial charge in [-0.3, -0.25) is 0 Å². The first-order valence-electron chi connectivity index (χ1n) is 45.5. The zero-order valence-electron chi connectivity index (χ0n) is 74.8. The Morgan fingerprint density at radius 1 is 0.227 bits per heavy atom. The molecule has 6 heteroatoms. The summed E-state index contributed by atoms with van der Waals surface area (Å²) >= 11 is 0. The van der Waals surface area contributed by atoms with Crippen molar-refractivity contribution >= 4 is 102 Å². The maximum atomic E-state index is 6.25. The van der Waals surface area contributed by atoms with Crippen LogP contribution in [0.3, 0.4) is 0 Å². The van der Waals surface area contributed by atoms with Gasteiger partial charge >= 0.3 is 0 Å². The standard InChI is InChI=1S/C71H58N2O2.C55H42N2/c1-5-49-16-20-51(21-17-49)45-74-47-53-24-32-61(33-25-53)73-69-15-11-10-14-65(69)66-43-58(31-41-70(66)73)57-29-36-60(37-30-57)72(59-34-27-56(28-35-59)55-12-8-7-9-13-55)62-38-40-64-63-39-26-54(42-67(63)71(3,4)68(64)44-62)48-75-46-52-22-18-50(6-2)19-23-52;1-5-37-16-24-45(25-17-37)57-53-15-11-10-14-48(53)50-35-42(23-33-54(50)57)41-21-28-44(29-22-41)56(43-26-19-40(20-27-43)39-12-8-7-9-13-39)46-30-31-47-49-34-38(6-2)18-32-51(49)55(3,4)52(47)36-46/h5-44H,1-2,45-48H2,3-4H3;5-36H,1-2H2,3-4H3. The van der Waals surface area contributed by atoms with E-state index in [2.05, 4.69) is 485 Å². The Kier molecular flexibility index (Phi) is 22.2. The molecule has 2 aliphatic carbocycles. The molecular weight excluding hydrogens is 1600 g/mol. The summed E-state index contributed by atoms with van der Waals surface area (Å²) in [4.78, 5) is 4.79. The van der Waals surface area contributed by atoms with Gasteiger partial charge in [0.05, 0.1) is 48.5 Å². The maximum absolute atomic E-state index is 6.25. The Bertz CT molecular complexity index is 7750. The van der Waals surface area contributed by atoms with Gasteiger partial charge < -0.3 is 28.4 Å². The number of para-hydroxylation sites is 2. The molecule has 18 aromatic carbocycles. The van der Waals surface area contributed by atoms with Crippen LogP contribution in [-0.4, -0.2) is 9.13 Å². The second-order valence-corrected chi connectivity index (χ2v) is 35.7. The summed E-state index contributed by atoms with van der Waals surface area (Å²) in [7, 11) is 0. The lowest BCUT2D eigenvalue weighted by atomic mass is 9.82. The van der Waals surface area contributed by atoms with Gasteiger partial charge in [0.15, 0.2) is 0 Å². The van der Waals surface area contributed by atoms with Crippen molar-refractivity contribution in [3.63, 3.8) is 0 Å². The molecule has 2 heterocycles. The summed E-state index contributed by atoms with van der Waals surface area (Å²) in [5.74, 6) is 0. The Hall–Kier alpha value is -16.0. The minimum atomic E-state index is -0.219. The van der Waals surface area contributed by atoms with Gasteiger partial charge in [-0.05, 0) is 273 Å². The molecule has 22 rings (SSSR count). The first kappa shape index (κ1) is 83.0. The highest BCUT2D eigenvalue weighted by Gasteiger charge is 2.38. The van der Waals surface area contributed by atoms with Gasteiger partial charge in [0.25, 0.3) is 0 Å². The SMILES string of the molecule is C=Cc1ccc(-n2c3ccccc3c3cc(-c4ccc(N(c5ccc(-c6ccccc6)cc5)c5ccc6c(c5)C(C)(C)c5ccc(C=C)cc5-6)cc4)ccc32)cc1.C=Cc1ccc(COCc2ccc(-n3c4ccccc4c4cc(-c5ccc(N(c6ccc(-c7ccccc7)cc6)c6ccc7c(c6)C(C)(C)c6cc(COCc8ccc(C=C)cc8)ccc6-7)cc5)ccc43)cc2)cc1. The molecule has 132 heavy (non-hydrogen) atoms. The first-order valence-corrected chi connectivity index (χ1v) is 45.5. The molecule has 0 atom stereocenters. The largest absolute Gasteiger partial charge is 0.372 e. The van der Waals surface area contributed by atoms with Gasteiger partial charge in [0.2, 0.25) is 0 Å². The zero-order chi connectivity index (χ0) is 89.6. The van der Waals surface area contributed by atoms with Crippen LogP contribution in [-0.2, 0) is 46.7 Å². The van der Waals surface area contributed by atoms with Crippen LogP contribution >= 0.6 is 0 Å². The third-order valence-electron chi connectivity index (χ3n) is 27.0. The van der Waals surface area contributed by atoms with Crippen molar-refractivity contribution in [2.45, 2.75) is 65.0 Å². The number of aromatic nitrogens is 2. The smallest absolute Gasteiger partial charge is 0.0721 e. The van der Waals surface area contributed by atoms with Gasteiger partial charge in [0, 0.05) is 77.9 Å². The van der Waals surface area contributed by atoms with Crippen molar-refractivity contribution in [3.8, 4) is 78.1 Å². The van der Waals surface area contributed by atoms with Crippen molar-refractivity contribution in [1.82, 2.24) is 9.13 Å². The highest BCUT2D eigenvalue weighted by Crippen LogP contribution is 2.54.